The molecule has 0 bridgehead atoms. The van der Waals surface area contributed by atoms with Crippen LogP contribution in [0.5, 0.6) is 5.75 Å². The van der Waals surface area contributed by atoms with Crippen molar-refractivity contribution >= 4 is 38.9 Å². The van der Waals surface area contributed by atoms with Gasteiger partial charge in [-0.3, -0.25) is 4.31 Å². The Kier molecular flexibility index (Phi) is 6.74. The minimum atomic E-state index is -3.66. The highest BCUT2D eigenvalue weighted by molar-refractivity contribution is 7.95. The number of ether oxygens (including phenoxy) is 2. The van der Waals surface area contributed by atoms with E-state index in [-0.39, 0.29) is 17.2 Å². The number of nitrogens with one attached hydrogen (secondary N) is 2. The maximum absolute atomic E-state index is 14.6. The summed E-state index contributed by atoms with van der Waals surface area (Å²) in [5.74, 6) is 0.214. The van der Waals surface area contributed by atoms with Gasteiger partial charge in [-0.15, -0.1) is 0 Å². The van der Waals surface area contributed by atoms with E-state index in [0.29, 0.717) is 42.6 Å². The molecule has 9 nitrogen and oxygen atoms in total. The second kappa shape index (κ2) is 9.98. The van der Waals surface area contributed by atoms with Gasteiger partial charge in [0.25, 0.3) is 10.0 Å². The molecule has 5 rings (SSSR count). The summed E-state index contributed by atoms with van der Waals surface area (Å²) in [6.45, 7) is 4.81. The highest BCUT2D eigenvalue weighted by Gasteiger charge is 2.49. The maximum atomic E-state index is 14.6. The van der Waals surface area contributed by atoms with Crippen LogP contribution in [0.4, 0.5) is 33.2 Å². The van der Waals surface area contributed by atoms with Gasteiger partial charge < -0.3 is 20.1 Å². The van der Waals surface area contributed by atoms with Gasteiger partial charge in [0.15, 0.2) is 11.6 Å². The third-order valence-electron chi connectivity index (χ3n) is 6.79. The maximum Gasteiger partial charge on any atom is 0.256 e. The lowest BCUT2D eigenvalue weighted by atomic mass is 9.66. The van der Waals surface area contributed by atoms with E-state index in [1.165, 1.54) is 4.31 Å². The lowest BCUT2D eigenvalue weighted by molar-refractivity contribution is 0.146. The number of halogens is 1. The average Bonchev–Trinajstić information content (AvgIpc) is 3.24. The Balaban J connectivity index is 1.35. The number of rotatable bonds is 10. The number of methoxy groups -OCH3 is 1. The molecule has 2 aromatic carbocycles. The molecule has 1 saturated carbocycles. The van der Waals surface area contributed by atoms with Crippen molar-refractivity contribution < 1.29 is 22.3 Å². The highest BCUT2D eigenvalue weighted by Crippen LogP contribution is 2.54. The number of nitrogens with zero attached hydrogens (tertiary/aromatic N) is 3. The number of hydrogen-bond acceptors (Lipinski definition) is 8. The van der Waals surface area contributed by atoms with E-state index in [2.05, 4.69) is 27.2 Å². The minimum absolute atomic E-state index is 0.0357. The number of sulfonamides is 1. The summed E-state index contributed by atoms with van der Waals surface area (Å²) in [5.41, 5.74) is 2.64. The molecule has 1 aliphatic carbocycles. The van der Waals surface area contributed by atoms with Crippen LogP contribution in [0.25, 0.3) is 0 Å². The number of benzene rings is 2. The van der Waals surface area contributed by atoms with Crippen LogP contribution >= 0.6 is 0 Å². The molecule has 0 saturated heterocycles. The van der Waals surface area contributed by atoms with E-state index in [1.54, 1.807) is 37.4 Å². The Hall–Kier alpha value is -3.70. The second-order valence-corrected chi connectivity index (χ2v) is 10.9. The van der Waals surface area contributed by atoms with Crippen molar-refractivity contribution in [3.63, 3.8) is 0 Å². The lowest BCUT2D eigenvalue weighted by Gasteiger charge is -2.38. The predicted molar refractivity (Wildman–Crippen MR) is 141 cm³/mol. The molecule has 1 aromatic heterocycles. The Morgan fingerprint density at radius 3 is 2.57 bits per heavy atom. The van der Waals surface area contributed by atoms with Crippen LogP contribution in [0.1, 0.15) is 24.8 Å². The first-order valence-corrected chi connectivity index (χ1v) is 13.4. The highest BCUT2D eigenvalue weighted by atomic mass is 32.2. The molecule has 3 aromatic rings. The van der Waals surface area contributed by atoms with Crippen molar-refractivity contribution in [3.05, 3.63) is 72.0 Å². The summed E-state index contributed by atoms with van der Waals surface area (Å²) in [5, 5.41) is 6.99. The fraction of sp³-hybridized carbons (Fsp3) is 0.308. The van der Waals surface area contributed by atoms with E-state index in [1.807, 2.05) is 12.1 Å². The Labute approximate surface area is 215 Å². The van der Waals surface area contributed by atoms with Crippen molar-refractivity contribution in [3.8, 4) is 5.75 Å². The molecular weight excluding hydrogens is 497 g/mol. The summed E-state index contributed by atoms with van der Waals surface area (Å²) in [4.78, 5) is 8.30. The molecule has 194 valence electrons. The van der Waals surface area contributed by atoms with Crippen molar-refractivity contribution in [2.45, 2.75) is 24.7 Å². The largest absolute Gasteiger partial charge is 0.491 e. The number of hydrogen-bond donors (Lipinski definition) is 2. The van der Waals surface area contributed by atoms with Crippen molar-refractivity contribution in [1.29, 1.82) is 0 Å². The number of fused-ring (bicyclic) bond motifs is 2. The second-order valence-electron chi connectivity index (χ2n) is 9.09. The van der Waals surface area contributed by atoms with E-state index < -0.39 is 15.8 Å². The van der Waals surface area contributed by atoms with E-state index >= 15 is 0 Å². The lowest BCUT2D eigenvalue weighted by Crippen LogP contribution is -2.40. The van der Waals surface area contributed by atoms with Gasteiger partial charge >= 0.3 is 0 Å². The van der Waals surface area contributed by atoms with Gasteiger partial charge in [0.05, 0.1) is 18.5 Å². The zero-order valence-corrected chi connectivity index (χ0v) is 21.2. The van der Waals surface area contributed by atoms with Gasteiger partial charge in [-0.25, -0.2) is 17.8 Å². The fourth-order valence-electron chi connectivity index (χ4n) is 4.72. The monoisotopic (exact) mass is 525 g/mol. The zero-order chi connectivity index (χ0) is 26.0. The summed E-state index contributed by atoms with van der Waals surface area (Å²) >= 11 is 0. The Morgan fingerprint density at radius 2 is 1.89 bits per heavy atom. The third-order valence-corrected chi connectivity index (χ3v) is 8.15. The summed E-state index contributed by atoms with van der Waals surface area (Å²) in [6, 6.07) is 12.7. The van der Waals surface area contributed by atoms with Crippen LogP contribution in [0.3, 0.4) is 0 Å². The van der Waals surface area contributed by atoms with E-state index in [9.17, 15) is 12.8 Å². The standard InChI is InChI=1S/C26H28FN5O4S/c1-3-37(33,34)32-17-26(11-4-12-26)21-10-7-19(15-23(21)32)29-24-22(27)16-28-25(31-24)30-18-5-8-20(9-6-18)36-14-13-35-2/h3,5-10,15-16H,1,4,11-14,17H2,2H3,(H2,28,29,30,31). The quantitative estimate of drug-likeness (QED) is 0.362. The van der Waals surface area contributed by atoms with Crippen LogP contribution in [0.2, 0.25) is 0 Å². The number of aromatic nitrogens is 2. The number of anilines is 5. The molecule has 0 radical (unpaired) electrons. The van der Waals surface area contributed by atoms with Crippen LogP contribution in [-0.4, -0.2) is 45.3 Å². The van der Waals surface area contributed by atoms with Crippen LogP contribution in [0, 0.1) is 5.82 Å². The first-order valence-electron chi connectivity index (χ1n) is 11.9. The SMILES string of the molecule is C=CS(=O)(=O)N1CC2(CCC2)c2ccc(Nc3nc(Nc4ccc(OCCOC)cc4)ncc3F)cc21. The topological polar surface area (TPSA) is 106 Å². The molecule has 0 atom stereocenters. The van der Waals surface area contributed by atoms with Gasteiger partial charge in [-0.05, 0) is 54.8 Å². The van der Waals surface area contributed by atoms with Crippen LogP contribution in [0.15, 0.2) is 60.6 Å². The van der Waals surface area contributed by atoms with Crippen molar-refractivity contribution in [2.75, 3.05) is 41.8 Å². The van der Waals surface area contributed by atoms with E-state index in [0.717, 1.165) is 36.4 Å². The van der Waals surface area contributed by atoms with Gasteiger partial charge in [-0.2, -0.15) is 4.98 Å². The molecule has 2 heterocycles. The zero-order valence-electron chi connectivity index (χ0n) is 20.4. The van der Waals surface area contributed by atoms with Crippen molar-refractivity contribution in [1.82, 2.24) is 9.97 Å². The normalized spacial score (nSPS) is 15.7. The molecule has 0 amide bonds. The van der Waals surface area contributed by atoms with Gasteiger partial charge in [-0.1, -0.05) is 19.1 Å². The molecule has 1 fully saturated rings. The Bertz CT molecular complexity index is 1410. The molecule has 2 N–H and O–H groups in total. The van der Waals surface area contributed by atoms with Gasteiger partial charge in [0.1, 0.15) is 12.4 Å². The molecule has 1 aliphatic heterocycles. The summed E-state index contributed by atoms with van der Waals surface area (Å²) in [7, 11) is -2.05. The van der Waals surface area contributed by atoms with Crippen LogP contribution in [-0.2, 0) is 20.2 Å². The minimum Gasteiger partial charge on any atom is -0.491 e. The summed E-state index contributed by atoms with van der Waals surface area (Å²) < 4.78 is 51.9. The van der Waals surface area contributed by atoms with Gasteiger partial charge in [0, 0.05) is 35.9 Å². The fourth-order valence-corrected chi connectivity index (χ4v) is 5.75. The first kappa shape index (κ1) is 25.0. The molecule has 11 heteroatoms. The smallest absolute Gasteiger partial charge is 0.256 e. The summed E-state index contributed by atoms with van der Waals surface area (Å²) in [6.07, 6.45) is 4.01. The molecule has 1 spiro atoms. The molecular formula is C26H28FN5O4S. The predicted octanol–water partition coefficient (Wildman–Crippen LogP) is 4.84. The van der Waals surface area contributed by atoms with Crippen LogP contribution < -0.4 is 19.7 Å². The van der Waals surface area contributed by atoms with Gasteiger partial charge in [0.2, 0.25) is 5.95 Å². The average molecular weight is 526 g/mol. The van der Waals surface area contributed by atoms with Crippen molar-refractivity contribution in [2.24, 2.45) is 0 Å². The molecule has 37 heavy (non-hydrogen) atoms. The third kappa shape index (κ3) is 4.96. The first-order chi connectivity index (χ1) is 17.8. The van der Waals surface area contributed by atoms with E-state index in [4.69, 9.17) is 9.47 Å². The molecule has 2 aliphatic rings. The molecule has 0 unspecified atom stereocenters. The Morgan fingerprint density at radius 1 is 1.14 bits per heavy atom.